The fourth-order valence-electron chi connectivity index (χ4n) is 2.55. The Labute approximate surface area is 137 Å². The lowest BCUT2D eigenvalue weighted by molar-refractivity contribution is 0.287. The molecule has 0 saturated carbocycles. The molecule has 2 N–H and O–H groups in total. The van der Waals surface area contributed by atoms with Crippen molar-refractivity contribution in [3.8, 4) is 11.8 Å². The molecule has 0 radical (unpaired) electrons. The molecule has 0 aromatic carbocycles. The van der Waals surface area contributed by atoms with Gasteiger partial charge in [0.25, 0.3) is 0 Å². The summed E-state index contributed by atoms with van der Waals surface area (Å²) in [5.41, 5.74) is 6.67. The molecule has 23 heavy (non-hydrogen) atoms. The fraction of sp³-hybridized carbons (Fsp3) is 0.333. The minimum Gasteiger partial charge on any atom is -0.384 e. The van der Waals surface area contributed by atoms with Crippen LogP contribution in [0.3, 0.4) is 0 Å². The molecule has 0 unspecified atom stereocenters. The van der Waals surface area contributed by atoms with E-state index in [-0.39, 0.29) is 0 Å². The quantitative estimate of drug-likeness (QED) is 0.869. The maximum Gasteiger partial charge on any atom is 0.128 e. The number of anilines is 2. The van der Waals surface area contributed by atoms with E-state index in [1.54, 1.807) is 6.20 Å². The van der Waals surface area contributed by atoms with Gasteiger partial charge in [-0.25, -0.2) is 9.97 Å². The molecular weight excluding hydrogens is 286 g/mol. The van der Waals surface area contributed by atoms with E-state index in [0.29, 0.717) is 5.82 Å². The highest BCUT2D eigenvalue weighted by atomic mass is 15.3. The highest BCUT2D eigenvalue weighted by Gasteiger charge is 2.16. The number of piperazine rings is 1. The van der Waals surface area contributed by atoms with E-state index in [0.717, 1.165) is 50.5 Å². The summed E-state index contributed by atoms with van der Waals surface area (Å²) in [6.45, 7) is 4.86. The van der Waals surface area contributed by atoms with Crippen LogP contribution in [-0.4, -0.2) is 47.6 Å². The predicted octanol–water partition coefficient (Wildman–Crippen LogP) is 1.43. The Balaban J connectivity index is 1.43. The summed E-state index contributed by atoms with van der Waals surface area (Å²) in [6.07, 6.45) is 4.36. The largest absolute Gasteiger partial charge is 0.384 e. The molecule has 0 amide bonds. The van der Waals surface area contributed by atoms with Gasteiger partial charge in [0.2, 0.25) is 0 Å². The van der Waals surface area contributed by atoms with Crippen LogP contribution in [0.2, 0.25) is 0 Å². The second kappa shape index (κ2) is 7.61. The van der Waals surface area contributed by atoms with Gasteiger partial charge in [-0.1, -0.05) is 24.0 Å². The second-order valence-electron chi connectivity index (χ2n) is 5.57. The normalized spacial score (nSPS) is 15.0. The van der Waals surface area contributed by atoms with Crippen molar-refractivity contribution < 1.29 is 0 Å². The standard InChI is InChI=1S/C18H21N5/c19-17-8-7-16(15-21-17)5-2-4-10-22-11-13-23(14-12-22)18-6-1-3-9-20-18/h1,3,6-9,15H,5,10-14H2,(H2,19,21). The maximum absolute atomic E-state index is 5.57. The molecule has 2 aromatic heterocycles. The zero-order chi connectivity index (χ0) is 15.9. The lowest BCUT2D eigenvalue weighted by Crippen LogP contribution is -2.46. The van der Waals surface area contributed by atoms with Crippen molar-refractivity contribution >= 4 is 11.6 Å². The average Bonchev–Trinajstić information content (AvgIpc) is 2.62. The lowest BCUT2D eigenvalue weighted by atomic mass is 10.2. The monoisotopic (exact) mass is 307 g/mol. The molecule has 2 aromatic rings. The minimum absolute atomic E-state index is 0.549. The Morgan fingerprint density at radius 2 is 1.87 bits per heavy atom. The van der Waals surface area contributed by atoms with Crippen LogP contribution >= 0.6 is 0 Å². The maximum atomic E-state index is 5.57. The zero-order valence-corrected chi connectivity index (χ0v) is 13.2. The van der Waals surface area contributed by atoms with Crippen molar-refractivity contribution in [1.29, 1.82) is 0 Å². The van der Waals surface area contributed by atoms with Gasteiger partial charge in [-0.15, -0.1) is 0 Å². The second-order valence-corrected chi connectivity index (χ2v) is 5.57. The molecule has 118 valence electrons. The first-order valence-corrected chi connectivity index (χ1v) is 7.86. The third-order valence-corrected chi connectivity index (χ3v) is 3.91. The summed E-state index contributed by atoms with van der Waals surface area (Å²) in [4.78, 5) is 13.2. The van der Waals surface area contributed by atoms with Gasteiger partial charge < -0.3 is 10.6 Å². The smallest absolute Gasteiger partial charge is 0.128 e. The Bertz CT molecular complexity index is 664. The Kier molecular flexibility index (Phi) is 5.07. The van der Waals surface area contributed by atoms with Gasteiger partial charge in [0.15, 0.2) is 0 Å². The molecule has 1 fully saturated rings. The van der Waals surface area contributed by atoms with Gasteiger partial charge in [-0.05, 0) is 23.8 Å². The molecule has 3 heterocycles. The number of nitrogens with zero attached hydrogens (tertiary/aromatic N) is 4. The van der Waals surface area contributed by atoms with E-state index in [9.17, 15) is 0 Å². The summed E-state index contributed by atoms with van der Waals surface area (Å²) < 4.78 is 0. The number of hydrogen-bond donors (Lipinski definition) is 1. The van der Waals surface area contributed by atoms with Gasteiger partial charge in [-0.2, -0.15) is 0 Å². The third kappa shape index (κ3) is 4.44. The van der Waals surface area contributed by atoms with Crippen molar-refractivity contribution in [3.63, 3.8) is 0 Å². The molecule has 0 bridgehead atoms. The van der Waals surface area contributed by atoms with Crippen molar-refractivity contribution in [2.24, 2.45) is 0 Å². The van der Waals surface area contributed by atoms with E-state index in [2.05, 4.69) is 37.7 Å². The van der Waals surface area contributed by atoms with E-state index in [1.165, 1.54) is 0 Å². The molecule has 1 saturated heterocycles. The molecular formula is C18H21N5. The molecule has 3 rings (SSSR count). The van der Waals surface area contributed by atoms with E-state index in [4.69, 9.17) is 5.73 Å². The van der Waals surface area contributed by atoms with Crippen LogP contribution in [0.5, 0.6) is 0 Å². The van der Waals surface area contributed by atoms with Crippen LogP contribution in [0.1, 0.15) is 5.56 Å². The van der Waals surface area contributed by atoms with Crippen molar-refractivity contribution in [1.82, 2.24) is 14.9 Å². The lowest BCUT2D eigenvalue weighted by Gasteiger charge is -2.34. The van der Waals surface area contributed by atoms with Crippen LogP contribution in [0, 0.1) is 11.8 Å². The van der Waals surface area contributed by atoms with Crippen LogP contribution < -0.4 is 10.6 Å². The molecule has 1 aliphatic rings. The first-order chi connectivity index (χ1) is 11.3. The summed E-state index contributed by atoms with van der Waals surface area (Å²) in [6, 6.07) is 9.84. The van der Waals surface area contributed by atoms with Crippen molar-refractivity contribution in [3.05, 3.63) is 48.3 Å². The SMILES string of the molecule is Nc1ccc(CC#CCN2CCN(c3ccccn3)CC2)cn1. The number of pyridine rings is 2. The van der Waals surface area contributed by atoms with E-state index >= 15 is 0 Å². The fourth-order valence-corrected chi connectivity index (χ4v) is 2.55. The molecule has 1 aliphatic heterocycles. The summed E-state index contributed by atoms with van der Waals surface area (Å²) in [5, 5.41) is 0. The number of nitrogen functional groups attached to an aromatic ring is 1. The molecule has 0 aliphatic carbocycles. The molecule has 5 heteroatoms. The Hall–Kier alpha value is -2.58. The summed E-state index contributed by atoms with van der Waals surface area (Å²) in [7, 11) is 0. The summed E-state index contributed by atoms with van der Waals surface area (Å²) in [5.74, 6) is 8.08. The number of aromatic nitrogens is 2. The van der Waals surface area contributed by atoms with E-state index < -0.39 is 0 Å². The zero-order valence-electron chi connectivity index (χ0n) is 13.2. The molecule has 0 spiro atoms. The van der Waals surface area contributed by atoms with E-state index in [1.807, 2.05) is 30.5 Å². The predicted molar refractivity (Wildman–Crippen MR) is 93.0 cm³/mol. The highest BCUT2D eigenvalue weighted by Crippen LogP contribution is 2.12. The first-order valence-electron chi connectivity index (χ1n) is 7.86. The first kappa shape index (κ1) is 15.3. The third-order valence-electron chi connectivity index (χ3n) is 3.91. The van der Waals surface area contributed by atoms with Gasteiger partial charge in [0.05, 0.1) is 6.54 Å². The van der Waals surface area contributed by atoms with Crippen LogP contribution in [0.4, 0.5) is 11.6 Å². The van der Waals surface area contributed by atoms with Gasteiger partial charge >= 0.3 is 0 Å². The Morgan fingerprint density at radius 1 is 1.00 bits per heavy atom. The van der Waals surface area contributed by atoms with Gasteiger partial charge in [0, 0.05) is 45.0 Å². The highest BCUT2D eigenvalue weighted by molar-refractivity contribution is 5.38. The van der Waals surface area contributed by atoms with Gasteiger partial charge in [0.1, 0.15) is 11.6 Å². The number of nitrogens with two attached hydrogens (primary N) is 1. The molecule has 5 nitrogen and oxygen atoms in total. The number of rotatable bonds is 3. The van der Waals surface area contributed by atoms with Crippen LogP contribution in [0.25, 0.3) is 0 Å². The van der Waals surface area contributed by atoms with Crippen LogP contribution in [-0.2, 0) is 6.42 Å². The topological polar surface area (TPSA) is 58.3 Å². The number of hydrogen-bond acceptors (Lipinski definition) is 5. The van der Waals surface area contributed by atoms with Crippen molar-refractivity contribution in [2.45, 2.75) is 6.42 Å². The van der Waals surface area contributed by atoms with Crippen LogP contribution in [0.15, 0.2) is 42.7 Å². The van der Waals surface area contributed by atoms with Crippen molar-refractivity contribution in [2.75, 3.05) is 43.4 Å². The average molecular weight is 307 g/mol. The molecule has 0 atom stereocenters. The van der Waals surface area contributed by atoms with Gasteiger partial charge in [-0.3, -0.25) is 4.90 Å². The summed E-state index contributed by atoms with van der Waals surface area (Å²) >= 11 is 0. The Morgan fingerprint density at radius 3 is 2.57 bits per heavy atom. The minimum atomic E-state index is 0.549.